The van der Waals surface area contributed by atoms with E-state index in [1.54, 1.807) is 13.8 Å². The number of carbonyl (C=O) groups is 1. The zero-order valence-corrected chi connectivity index (χ0v) is 11.7. The molecule has 2 aromatic rings. The molecule has 0 aliphatic rings. The number of nitrogens with one attached hydrogen (secondary N) is 3. The fourth-order valence-electron chi connectivity index (χ4n) is 1.66. The standard InChI is InChI=1S/C11H14N4O4S/c1-3-19-11(16)10-7(2)13-4-8(10)15-20(17,18)9-5-12-6-14-9/h4-6,13,15H,3H2,1-2H3,(H,12,14). The predicted molar refractivity (Wildman–Crippen MR) is 70.9 cm³/mol. The lowest BCUT2D eigenvalue weighted by atomic mass is 10.2. The van der Waals surface area contributed by atoms with Crippen molar-refractivity contribution in [2.75, 3.05) is 11.3 Å². The van der Waals surface area contributed by atoms with E-state index in [4.69, 9.17) is 4.74 Å². The van der Waals surface area contributed by atoms with Crippen molar-refractivity contribution in [1.29, 1.82) is 0 Å². The van der Waals surface area contributed by atoms with Gasteiger partial charge < -0.3 is 14.7 Å². The van der Waals surface area contributed by atoms with Crippen molar-refractivity contribution in [2.45, 2.75) is 18.9 Å². The number of aromatic nitrogens is 3. The molecule has 108 valence electrons. The van der Waals surface area contributed by atoms with Crippen LogP contribution in [0.2, 0.25) is 0 Å². The molecule has 2 heterocycles. The highest BCUT2D eigenvalue weighted by Gasteiger charge is 2.23. The van der Waals surface area contributed by atoms with Gasteiger partial charge in [-0.1, -0.05) is 0 Å². The molecule has 0 aliphatic carbocycles. The van der Waals surface area contributed by atoms with Crippen LogP contribution in [0.3, 0.4) is 0 Å². The first-order valence-electron chi connectivity index (χ1n) is 5.82. The van der Waals surface area contributed by atoms with E-state index in [1.165, 1.54) is 18.7 Å². The smallest absolute Gasteiger partial charge is 0.342 e. The number of ether oxygens (including phenoxy) is 1. The van der Waals surface area contributed by atoms with Crippen LogP contribution in [-0.2, 0) is 14.8 Å². The molecular weight excluding hydrogens is 284 g/mol. The molecule has 9 heteroatoms. The van der Waals surface area contributed by atoms with Crippen LogP contribution in [0.25, 0.3) is 0 Å². The molecule has 0 fully saturated rings. The highest BCUT2D eigenvalue weighted by Crippen LogP contribution is 2.23. The average molecular weight is 298 g/mol. The molecule has 2 rings (SSSR count). The summed E-state index contributed by atoms with van der Waals surface area (Å²) in [6.07, 6.45) is 3.82. The lowest BCUT2D eigenvalue weighted by molar-refractivity contribution is 0.0527. The number of hydrogen-bond donors (Lipinski definition) is 3. The maximum Gasteiger partial charge on any atom is 0.342 e. The lowest BCUT2D eigenvalue weighted by Gasteiger charge is -2.07. The van der Waals surface area contributed by atoms with Gasteiger partial charge in [-0.05, 0) is 13.8 Å². The molecule has 0 atom stereocenters. The van der Waals surface area contributed by atoms with Crippen LogP contribution < -0.4 is 4.72 Å². The molecule has 0 amide bonds. The van der Waals surface area contributed by atoms with Crippen LogP contribution in [0.15, 0.2) is 23.7 Å². The average Bonchev–Trinajstić information content (AvgIpc) is 2.99. The Hall–Kier alpha value is -2.29. The summed E-state index contributed by atoms with van der Waals surface area (Å²) in [6.45, 7) is 3.53. The normalized spacial score (nSPS) is 11.3. The van der Waals surface area contributed by atoms with E-state index in [0.29, 0.717) is 5.69 Å². The molecule has 0 spiro atoms. The van der Waals surface area contributed by atoms with E-state index >= 15 is 0 Å². The Labute approximate surface area is 115 Å². The van der Waals surface area contributed by atoms with Crippen molar-refractivity contribution >= 4 is 21.7 Å². The van der Waals surface area contributed by atoms with Crippen LogP contribution in [0.5, 0.6) is 0 Å². The third kappa shape index (κ3) is 2.67. The topological polar surface area (TPSA) is 117 Å². The Bertz CT molecular complexity index is 703. The lowest BCUT2D eigenvalue weighted by Crippen LogP contribution is -2.16. The minimum Gasteiger partial charge on any atom is -0.462 e. The molecule has 0 saturated heterocycles. The molecule has 8 nitrogen and oxygen atoms in total. The van der Waals surface area contributed by atoms with Gasteiger partial charge in [0, 0.05) is 11.9 Å². The van der Waals surface area contributed by atoms with Gasteiger partial charge in [-0.2, -0.15) is 8.42 Å². The van der Waals surface area contributed by atoms with Crippen molar-refractivity contribution in [1.82, 2.24) is 15.0 Å². The van der Waals surface area contributed by atoms with Crippen molar-refractivity contribution in [2.24, 2.45) is 0 Å². The summed E-state index contributed by atoms with van der Waals surface area (Å²) in [4.78, 5) is 20.8. The first-order chi connectivity index (χ1) is 9.45. The van der Waals surface area contributed by atoms with E-state index < -0.39 is 16.0 Å². The summed E-state index contributed by atoms with van der Waals surface area (Å²) in [5.41, 5.74) is 0.816. The largest absolute Gasteiger partial charge is 0.462 e. The number of carbonyl (C=O) groups excluding carboxylic acids is 1. The minimum atomic E-state index is -3.82. The first kappa shape index (κ1) is 14.1. The van der Waals surface area contributed by atoms with Gasteiger partial charge in [-0.25, -0.2) is 9.78 Å². The van der Waals surface area contributed by atoms with Crippen LogP contribution in [0.4, 0.5) is 5.69 Å². The maximum atomic E-state index is 12.1. The fourth-order valence-corrected chi connectivity index (χ4v) is 2.63. The first-order valence-corrected chi connectivity index (χ1v) is 7.30. The monoisotopic (exact) mass is 298 g/mol. The Morgan fingerprint density at radius 2 is 2.20 bits per heavy atom. The summed E-state index contributed by atoms with van der Waals surface area (Å²) >= 11 is 0. The molecule has 20 heavy (non-hydrogen) atoms. The van der Waals surface area contributed by atoms with Crippen molar-refractivity contribution in [3.8, 4) is 0 Å². The molecule has 0 unspecified atom stereocenters. The van der Waals surface area contributed by atoms with Gasteiger partial charge in [0.25, 0.3) is 10.0 Å². The maximum absolute atomic E-state index is 12.1. The number of H-pyrrole nitrogens is 2. The predicted octanol–water partition coefficient (Wildman–Crippen LogP) is 1.02. The second-order valence-corrected chi connectivity index (χ2v) is 5.60. The van der Waals surface area contributed by atoms with E-state index in [2.05, 4.69) is 19.7 Å². The van der Waals surface area contributed by atoms with E-state index in [-0.39, 0.29) is 22.9 Å². The number of aromatic amines is 2. The number of hydrogen-bond acceptors (Lipinski definition) is 5. The third-order valence-corrected chi connectivity index (χ3v) is 3.85. The van der Waals surface area contributed by atoms with Gasteiger partial charge in [0.2, 0.25) is 0 Å². The van der Waals surface area contributed by atoms with E-state index in [9.17, 15) is 13.2 Å². The van der Waals surface area contributed by atoms with Crippen LogP contribution >= 0.6 is 0 Å². The van der Waals surface area contributed by atoms with Gasteiger partial charge in [0.05, 0.1) is 24.8 Å². The summed E-state index contributed by atoms with van der Waals surface area (Å²) in [6, 6.07) is 0. The van der Waals surface area contributed by atoms with Crippen molar-refractivity contribution in [3.05, 3.63) is 30.0 Å². The van der Waals surface area contributed by atoms with Crippen LogP contribution in [0, 0.1) is 6.92 Å². The summed E-state index contributed by atoms with van der Waals surface area (Å²) in [7, 11) is -3.82. The molecule has 0 saturated carbocycles. The summed E-state index contributed by atoms with van der Waals surface area (Å²) in [5, 5.41) is -0.0915. The molecule has 0 aliphatic heterocycles. The Balaban J connectivity index is 2.34. The Morgan fingerprint density at radius 3 is 2.80 bits per heavy atom. The molecule has 0 radical (unpaired) electrons. The second kappa shape index (κ2) is 5.37. The number of aryl methyl sites for hydroxylation is 1. The summed E-state index contributed by atoms with van der Waals surface area (Å²) < 4.78 is 31.3. The number of rotatable bonds is 5. The molecule has 0 bridgehead atoms. The SMILES string of the molecule is CCOC(=O)c1c(NS(=O)(=O)c2cnc[nH]2)c[nH]c1C. The number of imidazole rings is 1. The van der Waals surface area contributed by atoms with Crippen LogP contribution in [0.1, 0.15) is 23.0 Å². The van der Waals surface area contributed by atoms with Gasteiger partial charge in [-0.15, -0.1) is 0 Å². The quantitative estimate of drug-likeness (QED) is 0.712. The summed E-state index contributed by atoms with van der Waals surface area (Å²) in [5.74, 6) is -0.589. The van der Waals surface area contributed by atoms with Crippen LogP contribution in [-0.4, -0.2) is 35.9 Å². The Kier molecular flexibility index (Phi) is 3.79. The second-order valence-electron chi connectivity index (χ2n) is 3.94. The fraction of sp³-hybridized carbons (Fsp3) is 0.273. The molecule has 2 aromatic heterocycles. The number of esters is 1. The zero-order chi connectivity index (χ0) is 14.8. The highest BCUT2D eigenvalue weighted by molar-refractivity contribution is 7.92. The van der Waals surface area contributed by atoms with Gasteiger partial charge in [0.1, 0.15) is 5.56 Å². The van der Waals surface area contributed by atoms with E-state index in [0.717, 1.165) is 0 Å². The number of sulfonamides is 1. The molecule has 3 N–H and O–H groups in total. The third-order valence-electron chi connectivity index (χ3n) is 2.56. The van der Waals surface area contributed by atoms with E-state index in [1.807, 2.05) is 0 Å². The molecular formula is C11H14N4O4S. The number of anilines is 1. The minimum absolute atomic E-state index is 0.0915. The highest BCUT2D eigenvalue weighted by atomic mass is 32.2. The van der Waals surface area contributed by atoms with Gasteiger partial charge >= 0.3 is 5.97 Å². The van der Waals surface area contributed by atoms with Crippen molar-refractivity contribution < 1.29 is 17.9 Å². The van der Waals surface area contributed by atoms with Crippen molar-refractivity contribution in [3.63, 3.8) is 0 Å². The van der Waals surface area contributed by atoms with Gasteiger partial charge in [-0.3, -0.25) is 4.72 Å². The Morgan fingerprint density at radius 1 is 1.45 bits per heavy atom. The molecule has 0 aromatic carbocycles. The number of nitrogens with zero attached hydrogens (tertiary/aromatic N) is 1. The van der Waals surface area contributed by atoms with Gasteiger partial charge in [0.15, 0.2) is 5.03 Å². The zero-order valence-electron chi connectivity index (χ0n) is 10.9.